The largest absolute Gasteiger partial charge is 0.320 e. The number of rotatable bonds is 2. The molecule has 1 unspecified atom stereocenters. The highest BCUT2D eigenvalue weighted by atomic mass is 79.9. The molecule has 0 bridgehead atoms. The third-order valence-electron chi connectivity index (χ3n) is 3.54. The van der Waals surface area contributed by atoms with Gasteiger partial charge in [0.05, 0.1) is 6.04 Å². The van der Waals surface area contributed by atoms with E-state index in [1.54, 1.807) is 0 Å². The number of hydrogen-bond donors (Lipinski definition) is 1. The van der Waals surface area contributed by atoms with Crippen molar-refractivity contribution < 1.29 is 0 Å². The molecule has 3 aromatic carbocycles. The lowest BCUT2D eigenvalue weighted by Crippen LogP contribution is -2.13. The molecule has 0 aliphatic heterocycles. The monoisotopic (exact) mass is 467 g/mol. The lowest BCUT2D eigenvalue weighted by Gasteiger charge is -2.17. The highest BCUT2D eigenvalue weighted by Gasteiger charge is 2.15. The summed E-state index contributed by atoms with van der Waals surface area (Å²) in [5.74, 6) is 0. The van der Waals surface area contributed by atoms with Crippen molar-refractivity contribution in [1.29, 1.82) is 0 Å². The van der Waals surface area contributed by atoms with Crippen molar-refractivity contribution >= 4 is 58.6 Å². The first kappa shape index (κ1) is 15.2. The fraction of sp³-hybridized carbons (Fsp3) is 0.0588. The molecule has 0 heterocycles. The normalized spacial score (nSPS) is 12.6. The van der Waals surface area contributed by atoms with Crippen molar-refractivity contribution in [1.82, 2.24) is 0 Å². The predicted molar refractivity (Wildman–Crippen MR) is 99.5 cm³/mol. The smallest absolute Gasteiger partial charge is 0.0568 e. The van der Waals surface area contributed by atoms with E-state index in [1.807, 2.05) is 24.3 Å². The number of nitrogens with two attached hydrogens (primary N) is 1. The zero-order valence-corrected chi connectivity index (χ0v) is 15.7. The van der Waals surface area contributed by atoms with Gasteiger partial charge in [0.1, 0.15) is 0 Å². The maximum atomic E-state index is 6.52. The molecule has 106 valence electrons. The summed E-state index contributed by atoms with van der Waals surface area (Å²) >= 11 is 10.7. The van der Waals surface area contributed by atoms with E-state index in [1.165, 1.54) is 10.8 Å². The van der Waals surface area contributed by atoms with Gasteiger partial charge in [-0.15, -0.1) is 0 Å². The van der Waals surface area contributed by atoms with Crippen LogP contribution in [0.4, 0.5) is 0 Å². The van der Waals surface area contributed by atoms with E-state index in [9.17, 15) is 0 Å². The Bertz CT molecular complexity index is 814. The van der Waals surface area contributed by atoms with Gasteiger partial charge in [0.25, 0.3) is 0 Å². The minimum Gasteiger partial charge on any atom is -0.320 e. The lowest BCUT2D eigenvalue weighted by atomic mass is 9.94. The molecule has 21 heavy (non-hydrogen) atoms. The van der Waals surface area contributed by atoms with E-state index >= 15 is 0 Å². The van der Waals surface area contributed by atoms with Crippen LogP contribution >= 0.6 is 47.8 Å². The molecule has 0 spiro atoms. The van der Waals surface area contributed by atoms with E-state index in [0.717, 1.165) is 24.5 Å². The van der Waals surface area contributed by atoms with Crippen LogP contribution in [0.5, 0.6) is 0 Å². The van der Waals surface area contributed by atoms with Crippen LogP contribution < -0.4 is 5.73 Å². The SMILES string of the molecule is NC(c1ccc(Br)cc1Br)c1ccc(Br)c2ccccc12. The summed E-state index contributed by atoms with van der Waals surface area (Å²) in [5.41, 5.74) is 8.72. The summed E-state index contributed by atoms with van der Waals surface area (Å²) < 4.78 is 3.13. The molecular weight excluding hydrogens is 458 g/mol. The summed E-state index contributed by atoms with van der Waals surface area (Å²) in [4.78, 5) is 0. The van der Waals surface area contributed by atoms with Gasteiger partial charge in [0.15, 0.2) is 0 Å². The number of halogens is 3. The molecule has 3 rings (SSSR count). The van der Waals surface area contributed by atoms with Crippen molar-refractivity contribution in [2.75, 3.05) is 0 Å². The van der Waals surface area contributed by atoms with E-state index < -0.39 is 0 Å². The van der Waals surface area contributed by atoms with Gasteiger partial charge in [-0.2, -0.15) is 0 Å². The second kappa shape index (κ2) is 6.21. The zero-order valence-electron chi connectivity index (χ0n) is 11.0. The average molecular weight is 470 g/mol. The molecule has 0 radical (unpaired) electrons. The molecule has 0 saturated carbocycles. The minimum atomic E-state index is -0.175. The Hall–Kier alpha value is -0.680. The predicted octanol–water partition coefficient (Wildman–Crippen LogP) is 6.18. The first-order valence-corrected chi connectivity index (χ1v) is 8.83. The van der Waals surface area contributed by atoms with Gasteiger partial charge < -0.3 is 5.73 Å². The van der Waals surface area contributed by atoms with Crippen LogP contribution in [0.15, 0.2) is 68.0 Å². The molecule has 0 fully saturated rings. The summed E-state index contributed by atoms with van der Waals surface area (Å²) in [6, 6.07) is 18.4. The summed E-state index contributed by atoms with van der Waals surface area (Å²) in [7, 11) is 0. The highest BCUT2D eigenvalue weighted by Crippen LogP contribution is 2.35. The van der Waals surface area contributed by atoms with Crippen LogP contribution in [0.3, 0.4) is 0 Å². The first-order valence-electron chi connectivity index (χ1n) is 6.45. The Labute approximate surface area is 148 Å². The van der Waals surface area contributed by atoms with Crippen LogP contribution in [0, 0.1) is 0 Å². The molecule has 0 saturated heterocycles. The topological polar surface area (TPSA) is 26.0 Å². The molecule has 0 aromatic heterocycles. The van der Waals surface area contributed by atoms with E-state index in [4.69, 9.17) is 5.73 Å². The van der Waals surface area contributed by atoms with Gasteiger partial charge in [-0.05, 0) is 40.1 Å². The van der Waals surface area contributed by atoms with Crippen molar-refractivity contribution in [2.24, 2.45) is 5.73 Å². The van der Waals surface area contributed by atoms with Gasteiger partial charge in [0.2, 0.25) is 0 Å². The fourth-order valence-corrected chi connectivity index (χ4v) is 4.25. The fourth-order valence-electron chi connectivity index (χ4n) is 2.48. The summed E-state index contributed by atoms with van der Waals surface area (Å²) in [5, 5.41) is 2.35. The maximum Gasteiger partial charge on any atom is 0.0568 e. The van der Waals surface area contributed by atoms with E-state index in [-0.39, 0.29) is 6.04 Å². The highest BCUT2D eigenvalue weighted by molar-refractivity contribution is 9.11. The van der Waals surface area contributed by atoms with Crippen LogP contribution in [0.25, 0.3) is 10.8 Å². The van der Waals surface area contributed by atoms with Crippen LogP contribution in [0.2, 0.25) is 0 Å². The first-order chi connectivity index (χ1) is 10.1. The molecule has 0 amide bonds. The number of benzene rings is 3. The number of fused-ring (bicyclic) bond motifs is 1. The molecule has 2 N–H and O–H groups in total. The molecule has 0 aliphatic carbocycles. The Morgan fingerprint density at radius 3 is 2.10 bits per heavy atom. The third kappa shape index (κ3) is 2.95. The van der Waals surface area contributed by atoms with Crippen molar-refractivity contribution in [3.63, 3.8) is 0 Å². The zero-order chi connectivity index (χ0) is 15.0. The average Bonchev–Trinajstić information content (AvgIpc) is 2.47. The van der Waals surface area contributed by atoms with Crippen molar-refractivity contribution in [3.05, 3.63) is 79.1 Å². The van der Waals surface area contributed by atoms with Crippen LogP contribution in [-0.4, -0.2) is 0 Å². The third-order valence-corrected chi connectivity index (χ3v) is 5.41. The Morgan fingerprint density at radius 2 is 1.38 bits per heavy atom. The number of hydrogen-bond acceptors (Lipinski definition) is 1. The Morgan fingerprint density at radius 1 is 0.714 bits per heavy atom. The van der Waals surface area contributed by atoms with Crippen molar-refractivity contribution in [2.45, 2.75) is 6.04 Å². The van der Waals surface area contributed by atoms with E-state index in [0.29, 0.717) is 0 Å². The second-order valence-electron chi connectivity index (χ2n) is 4.83. The Kier molecular flexibility index (Phi) is 4.50. The molecule has 1 atom stereocenters. The molecule has 0 aliphatic rings. The van der Waals surface area contributed by atoms with E-state index in [2.05, 4.69) is 78.1 Å². The second-order valence-corrected chi connectivity index (χ2v) is 7.45. The lowest BCUT2D eigenvalue weighted by molar-refractivity contribution is 0.874. The Balaban J connectivity index is 2.18. The molecule has 3 aromatic rings. The quantitative estimate of drug-likeness (QED) is 0.476. The standard InChI is InChI=1S/C17H12Br3N/c18-10-5-6-14(16(20)9-10)17(21)13-7-8-15(19)12-4-2-1-3-11(12)13/h1-9,17H,21H2. The van der Waals surface area contributed by atoms with Gasteiger partial charge in [-0.25, -0.2) is 0 Å². The van der Waals surface area contributed by atoms with Crippen molar-refractivity contribution in [3.8, 4) is 0 Å². The van der Waals surface area contributed by atoms with Gasteiger partial charge in [0, 0.05) is 13.4 Å². The van der Waals surface area contributed by atoms with Crippen LogP contribution in [-0.2, 0) is 0 Å². The minimum absolute atomic E-state index is 0.175. The summed E-state index contributed by atoms with van der Waals surface area (Å²) in [6.07, 6.45) is 0. The van der Waals surface area contributed by atoms with Crippen LogP contribution in [0.1, 0.15) is 17.2 Å². The van der Waals surface area contributed by atoms with Gasteiger partial charge >= 0.3 is 0 Å². The maximum absolute atomic E-state index is 6.52. The summed E-state index contributed by atoms with van der Waals surface area (Å²) in [6.45, 7) is 0. The molecule has 1 nitrogen and oxygen atoms in total. The molecule has 4 heteroatoms. The van der Waals surface area contributed by atoms with Gasteiger partial charge in [-0.1, -0.05) is 84.2 Å². The molecular formula is C17H12Br3N. The van der Waals surface area contributed by atoms with Gasteiger partial charge in [-0.3, -0.25) is 0 Å².